The summed E-state index contributed by atoms with van der Waals surface area (Å²) in [6.07, 6.45) is 4.81. The lowest BCUT2D eigenvalue weighted by Crippen LogP contribution is -2.40. The van der Waals surface area contributed by atoms with Crippen molar-refractivity contribution >= 4 is 0 Å². The van der Waals surface area contributed by atoms with Crippen LogP contribution in [0.2, 0.25) is 0 Å². The van der Waals surface area contributed by atoms with E-state index in [2.05, 4.69) is 48.9 Å². The Hall–Kier alpha value is -1.52. The molecule has 0 aromatic heterocycles. The maximum absolute atomic E-state index is 5.84. The van der Waals surface area contributed by atoms with Gasteiger partial charge in [-0.25, -0.2) is 0 Å². The summed E-state index contributed by atoms with van der Waals surface area (Å²) in [4.78, 5) is 5.17. The summed E-state index contributed by atoms with van der Waals surface area (Å²) in [6.45, 7) is 9.37. The molecule has 1 aromatic rings. The molecule has 0 N–H and O–H groups in total. The number of methoxy groups -OCH3 is 1. The second-order valence-corrected chi connectivity index (χ2v) is 7.81. The van der Waals surface area contributed by atoms with Crippen LogP contribution in [0.25, 0.3) is 0 Å². The van der Waals surface area contributed by atoms with Crippen molar-refractivity contribution in [1.82, 2.24) is 9.80 Å². The number of hydrogen-bond acceptors (Lipinski definition) is 4. The standard InChI is InChI=1S/C21H32N2O2/c1-16(2)9-10-25-20-8-6-17(11-21(20)24-4)13-23-14-18-5-7-19(15-23)22(3)12-18/h6,8-9,11,18-19H,5,7,10,12-15H2,1-4H3/t18-,19-/m1/s1. The predicted molar refractivity (Wildman–Crippen MR) is 102 cm³/mol. The van der Waals surface area contributed by atoms with Crippen LogP contribution in [0.4, 0.5) is 0 Å². The molecule has 138 valence electrons. The molecule has 3 fully saturated rings. The fraction of sp³-hybridized carbons (Fsp3) is 0.619. The molecular formula is C21H32N2O2. The Labute approximate surface area is 152 Å². The number of benzene rings is 1. The van der Waals surface area contributed by atoms with E-state index in [0.29, 0.717) is 12.6 Å². The van der Waals surface area contributed by atoms with E-state index in [1.54, 1.807) is 7.11 Å². The molecule has 1 aromatic carbocycles. The van der Waals surface area contributed by atoms with Crippen molar-refractivity contribution in [2.45, 2.75) is 39.3 Å². The highest BCUT2D eigenvalue weighted by molar-refractivity contribution is 5.43. The van der Waals surface area contributed by atoms with E-state index in [1.807, 2.05) is 6.07 Å². The molecule has 3 aliphatic rings. The Morgan fingerprint density at radius 1 is 1.16 bits per heavy atom. The number of fused-ring (bicyclic) bond motifs is 4. The minimum atomic E-state index is 0.583. The zero-order valence-electron chi connectivity index (χ0n) is 16.1. The molecule has 2 bridgehead atoms. The van der Waals surface area contributed by atoms with Gasteiger partial charge in [0.15, 0.2) is 11.5 Å². The molecular weight excluding hydrogens is 312 g/mol. The number of hydrogen-bond donors (Lipinski definition) is 0. The fourth-order valence-electron chi connectivity index (χ4n) is 4.03. The predicted octanol–water partition coefficient (Wildman–Crippen LogP) is 3.57. The van der Waals surface area contributed by atoms with E-state index in [0.717, 1.165) is 24.0 Å². The summed E-state index contributed by atoms with van der Waals surface area (Å²) >= 11 is 0. The number of allylic oxidation sites excluding steroid dienone is 1. The monoisotopic (exact) mass is 344 g/mol. The zero-order valence-corrected chi connectivity index (χ0v) is 16.1. The summed E-state index contributed by atoms with van der Waals surface area (Å²) in [7, 11) is 4.00. The first-order valence-corrected chi connectivity index (χ1v) is 9.41. The van der Waals surface area contributed by atoms with Crippen LogP contribution in [0.1, 0.15) is 32.3 Å². The third kappa shape index (κ3) is 4.77. The van der Waals surface area contributed by atoms with Gasteiger partial charge in [-0.15, -0.1) is 0 Å². The average molecular weight is 344 g/mol. The summed E-state index contributed by atoms with van der Waals surface area (Å²) in [5.74, 6) is 2.46. The van der Waals surface area contributed by atoms with Gasteiger partial charge in [0, 0.05) is 32.2 Å². The van der Waals surface area contributed by atoms with E-state index >= 15 is 0 Å². The van der Waals surface area contributed by atoms with Crippen molar-refractivity contribution in [2.75, 3.05) is 40.4 Å². The summed E-state index contributed by atoms with van der Waals surface area (Å²) in [5.41, 5.74) is 2.56. The Balaban J connectivity index is 1.65. The van der Waals surface area contributed by atoms with Crippen molar-refractivity contribution in [3.8, 4) is 11.5 Å². The molecule has 3 saturated heterocycles. The molecule has 3 aliphatic heterocycles. The van der Waals surface area contributed by atoms with Crippen LogP contribution in [0.15, 0.2) is 29.8 Å². The van der Waals surface area contributed by atoms with Gasteiger partial charge in [0.25, 0.3) is 0 Å². The van der Waals surface area contributed by atoms with Crippen LogP contribution in [0.3, 0.4) is 0 Å². The van der Waals surface area contributed by atoms with Gasteiger partial charge in [0.05, 0.1) is 7.11 Å². The summed E-state index contributed by atoms with van der Waals surface area (Å²) in [5, 5.41) is 0. The molecule has 0 spiro atoms. The van der Waals surface area contributed by atoms with Gasteiger partial charge in [-0.2, -0.15) is 0 Å². The average Bonchev–Trinajstić information content (AvgIpc) is 2.85. The molecule has 0 unspecified atom stereocenters. The van der Waals surface area contributed by atoms with Gasteiger partial charge in [-0.3, -0.25) is 4.90 Å². The van der Waals surface area contributed by atoms with Crippen molar-refractivity contribution in [3.63, 3.8) is 0 Å². The molecule has 3 heterocycles. The number of nitrogens with zero attached hydrogens (tertiary/aromatic N) is 2. The van der Waals surface area contributed by atoms with Crippen LogP contribution in [0.5, 0.6) is 11.5 Å². The van der Waals surface area contributed by atoms with Crippen molar-refractivity contribution in [2.24, 2.45) is 5.92 Å². The van der Waals surface area contributed by atoms with Crippen molar-refractivity contribution in [3.05, 3.63) is 35.4 Å². The number of likely N-dealkylation sites (N-methyl/N-ethyl adjacent to an activating group) is 1. The Kier molecular flexibility index (Phi) is 6.02. The lowest BCUT2D eigenvalue weighted by atomic mass is 9.96. The lowest BCUT2D eigenvalue weighted by molar-refractivity contribution is 0.165. The summed E-state index contributed by atoms with van der Waals surface area (Å²) in [6, 6.07) is 7.07. The molecule has 25 heavy (non-hydrogen) atoms. The quantitative estimate of drug-likeness (QED) is 0.737. The van der Waals surface area contributed by atoms with Crippen LogP contribution >= 0.6 is 0 Å². The molecule has 0 amide bonds. The third-order valence-electron chi connectivity index (χ3n) is 5.43. The Morgan fingerprint density at radius 3 is 2.72 bits per heavy atom. The van der Waals surface area contributed by atoms with E-state index in [9.17, 15) is 0 Å². The van der Waals surface area contributed by atoms with Crippen LogP contribution in [0, 0.1) is 5.92 Å². The number of piperidine rings is 1. The van der Waals surface area contributed by atoms with Crippen LogP contribution in [-0.4, -0.2) is 56.2 Å². The summed E-state index contributed by atoms with van der Waals surface area (Å²) < 4.78 is 11.4. The highest BCUT2D eigenvalue weighted by atomic mass is 16.5. The van der Waals surface area contributed by atoms with Gasteiger partial charge in [-0.05, 0) is 63.4 Å². The van der Waals surface area contributed by atoms with Gasteiger partial charge in [-0.1, -0.05) is 11.6 Å². The SMILES string of the molecule is COc1cc(CN2C[C@@H]3CC[C@H](C2)N(C)C3)ccc1OCC=C(C)C. The molecule has 0 aliphatic carbocycles. The third-order valence-corrected chi connectivity index (χ3v) is 5.43. The lowest BCUT2D eigenvalue weighted by Gasteiger charge is -2.32. The maximum atomic E-state index is 5.84. The first-order chi connectivity index (χ1) is 12.0. The highest BCUT2D eigenvalue weighted by Crippen LogP contribution is 2.31. The molecule has 0 radical (unpaired) electrons. The first kappa shape index (κ1) is 18.3. The molecule has 4 heteroatoms. The Morgan fingerprint density at radius 2 is 2.00 bits per heavy atom. The first-order valence-electron chi connectivity index (χ1n) is 9.41. The normalized spacial score (nSPS) is 24.0. The second kappa shape index (κ2) is 8.24. The molecule has 4 nitrogen and oxygen atoms in total. The largest absolute Gasteiger partial charge is 0.493 e. The van der Waals surface area contributed by atoms with Gasteiger partial charge in [0.2, 0.25) is 0 Å². The second-order valence-electron chi connectivity index (χ2n) is 7.81. The Bertz CT molecular complexity index is 610. The van der Waals surface area contributed by atoms with Crippen LogP contribution < -0.4 is 9.47 Å². The van der Waals surface area contributed by atoms with Crippen LogP contribution in [-0.2, 0) is 6.54 Å². The minimum Gasteiger partial charge on any atom is -0.493 e. The highest BCUT2D eigenvalue weighted by Gasteiger charge is 2.32. The minimum absolute atomic E-state index is 0.583. The van der Waals surface area contributed by atoms with Crippen molar-refractivity contribution in [1.29, 1.82) is 0 Å². The van der Waals surface area contributed by atoms with Gasteiger partial charge >= 0.3 is 0 Å². The van der Waals surface area contributed by atoms with Gasteiger partial charge in [0.1, 0.15) is 6.61 Å². The van der Waals surface area contributed by atoms with E-state index in [4.69, 9.17) is 9.47 Å². The zero-order chi connectivity index (χ0) is 17.8. The van der Waals surface area contributed by atoms with E-state index in [1.165, 1.54) is 43.6 Å². The van der Waals surface area contributed by atoms with E-state index in [-0.39, 0.29) is 0 Å². The fourth-order valence-corrected chi connectivity index (χ4v) is 4.03. The number of ether oxygens (including phenoxy) is 2. The molecule has 2 atom stereocenters. The van der Waals surface area contributed by atoms with Crippen molar-refractivity contribution < 1.29 is 9.47 Å². The van der Waals surface area contributed by atoms with Gasteiger partial charge < -0.3 is 14.4 Å². The molecule has 0 saturated carbocycles. The smallest absolute Gasteiger partial charge is 0.161 e. The number of rotatable bonds is 6. The van der Waals surface area contributed by atoms with E-state index < -0.39 is 0 Å². The topological polar surface area (TPSA) is 24.9 Å². The maximum Gasteiger partial charge on any atom is 0.161 e. The molecule has 4 rings (SSSR count).